The summed E-state index contributed by atoms with van der Waals surface area (Å²) in [6.07, 6.45) is 14.5. The molecule has 2 aliphatic heterocycles. The van der Waals surface area contributed by atoms with Crippen molar-refractivity contribution < 1.29 is 69.0 Å². The Hall–Kier alpha value is -4.18. The molecule has 0 bridgehead atoms. The zero-order valence-electron chi connectivity index (χ0n) is 32.7. The topological polar surface area (TPSA) is 60.8 Å². The summed E-state index contributed by atoms with van der Waals surface area (Å²) in [5, 5.41) is 0. The molecule has 2 aliphatic rings. The SMILES string of the molecule is Cc1n(CCCCC(CCCCn2cc[n+](C)c2C)(C2=N[C@H](c3ccccc3)CO2)C2=N[C@H](c3ccccc3)CO2)cc[n+]1C.F[P-](F)(F)(F)(F)F.F[P-](F)(F)(F)(F)F. The number of unbranched alkanes of at least 4 members (excludes halogenated alkanes) is 2. The van der Waals surface area contributed by atoms with Gasteiger partial charge in [0.25, 0.3) is 11.6 Å². The molecule has 0 radical (unpaired) electrons. The summed E-state index contributed by atoms with van der Waals surface area (Å²) < 4.78 is 141. The molecular weight excluding hydrogens is 850 g/mol. The van der Waals surface area contributed by atoms with Gasteiger partial charge in [-0.15, -0.1) is 0 Å². The van der Waals surface area contributed by atoms with Crippen molar-refractivity contribution in [2.24, 2.45) is 29.5 Å². The van der Waals surface area contributed by atoms with Gasteiger partial charge in [-0.1, -0.05) is 60.7 Å². The van der Waals surface area contributed by atoms with Crippen molar-refractivity contribution in [3.63, 3.8) is 0 Å². The fourth-order valence-electron chi connectivity index (χ4n) is 6.70. The molecule has 2 atom stereocenters. The molecule has 0 unspecified atom stereocenters. The molecular formula is C37H48F12N6O2P2. The normalized spacial score (nSPS) is 19.3. The number of aryl methyl sites for hydroxylation is 4. The van der Waals surface area contributed by atoms with Gasteiger partial charge in [0.1, 0.15) is 55.5 Å². The minimum absolute atomic E-state index is 0.0162. The Labute approximate surface area is 333 Å². The second kappa shape index (κ2) is 16.4. The van der Waals surface area contributed by atoms with Crippen LogP contribution in [0.25, 0.3) is 0 Å². The van der Waals surface area contributed by atoms with Crippen LogP contribution < -0.4 is 9.13 Å². The fraction of sp³-hybridized carbons (Fsp3) is 0.459. The molecule has 332 valence electrons. The summed E-state index contributed by atoms with van der Waals surface area (Å²) in [7, 11) is -17.1. The van der Waals surface area contributed by atoms with E-state index in [1.807, 2.05) is 0 Å². The van der Waals surface area contributed by atoms with Crippen LogP contribution >= 0.6 is 15.6 Å². The van der Waals surface area contributed by atoms with Crippen LogP contribution in [0.4, 0.5) is 50.4 Å². The number of nitrogens with zero attached hydrogens (tertiary/aromatic N) is 6. The average Bonchev–Trinajstić information content (AvgIpc) is 3.93. The second-order valence-corrected chi connectivity index (χ2v) is 18.4. The van der Waals surface area contributed by atoms with Crippen LogP contribution in [0.3, 0.4) is 0 Å². The number of benzene rings is 2. The molecule has 0 aliphatic carbocycles. The molecule has 0 amide bonds. The van der Waals surface area contributed by atoms with Crippen LogP contribution in [0.15, 0.2) is 95.4 Å². The summed E-state index contributed by atoms with van der Waals surface area (Å²) in [5.41, 5.74) is 1.87. The van der Waals surface area contributed by atoms with Crippen LogP contribution in [0, 0.1) is 19.3 Å². The van der Waals surface area contributed by atoms with Crippen molar-refractivity contribution in [1.82, 2.24) is 9.13 Å². The van der Waals surface area contributed by atoms with Crippen molar-refractivity contribution in [3.8, 4) is 0 Å². The van der Waals surface area contributed by atoms with Gasteiger partial charge < -0.3 is 9.47 Å². The van der Waals surface area contributed by atoms with E-state index in [4.69, 9.17) is 19.5 Å². The molecule has 6 rings (SSSR count). The molecule has 59 heavy (non-hydrogen) atoms. The summed E-state index contributed by atoms with van der Waals surface area (Å²) in [6, 6.07) is 21.0. The van der Waals surface area contributed by atoms with E-state index in [2.05, 4.69) is 132 Å². The molecule has 2 aromatic carbocycles. The van der Waals surface area contributed by atoms with E-state index in [1.54, 1.807) is 0 Å². The van der Waals surface area contributed by atoms with Crippen molar-refractivity contribution in [3.05, 3.63) is 108 Å². The van der Waals surface area contributed by atoms with Gasteiger partial charge in [-0.2, -0.15) is 0 Å². The van der Waals surface area contributed by atoms with E-state index in [9.17, 15) is 50.4 Å². The first kappa shape index (κ1) is 47.5. The fourth-order valence-corrected chi connectivity index (χ4v) is 6.70. The van der Waals surface area contributed by atoms with Crippen molar-refractivity contribution in [2.75, 3.05) is 13.2 Å². The molecule has 8 nitrogen and oxygen atoms in total. The van der Waals surface area contributed by atoms with Gasteiger partial charge >= 0.3 is 66.0 Å². The van der Waals surface area contributed by atoms with Crippen molar-refractivity contribution in [2.45, 2.75) is 77.5 Å². The van der Waals surface area contributed by atoms with E-state index in [-0.39, 0.29) is 12.1 Å². The minimum atomic E-state index is -10.7. The molecule has 0 N–H and O–H groups in total. The summed E-state index contributed by atoms with van der Waals surface area (Å²) >= 11 is 0. The third-order valence-electron chi connectivity index (χ3n) is 9.79. The van der Waals surface area contributed by atoms with E-state index in [1.165, 1.54) is 22.8 Å². The van der Waals surface area contributed by atoms with Gasteiger partial charge in [-0.05, 0) is 49.7 Å². The molecule has 4 heterocycles. The Balaban J connectivity index is 0.000000471. The van der Waals surface area contributed by atoms with Gasteiger partial charge in [-0.3, -0.25) is 0 Å². The molecule has 0 fully saturated rings. The Morgan fingerprint density at radius 3 is 1.19 bits per heavy atom. The zero-order chi connectivity index (χ0) is 44.0. The molecule has 0 saturated heterocycles. The molecule has 0 spiro atoms. The van der Waals surface area contributed by atoms with Crippen LogP contribution in [0.2, 0.25) is 0 Å². The van der Waals surface area contributed by atoms with Crippen molar-refractivity contribution >= 4 is 27.4 Å². The third-order valence-corrected chi connectivity index (χ3v) is 9.79. The Morgan fingerprint density at radius 2 is 0.898 bits per heavy atom. The molecule has 2 aromatic heterocycles. The summed E-state index contributed by atoms with van der Waals surface area (Å²) in [5.74, 6) is 4.13. The van der Waals surface area contributed by atoms with Crippen LogP contribution in [-0.2, 0) is 36.7 Å². The second-order valence-electron chi connectivity index (χ2n) is 14.6. The van der Waals surface area contributed by atoms with Gasteiger partial charge in [0.15, 0.2) is 11.8 Å². The van der Waals surface area contributed by atoms with Gasteiger partial charge in [0.2, 0.25) is 0 Å². The van der Waals surface area contributed by atoms with Gasteiger partial charge in [-0.25, -0.2) is 28.3 Å². The van der Waals surface area contributed by atoms with Gasteiger partial charge in [0.05, 0.1) is 27.2 Å². The standard InChI is InChI=1S/C37H48N6O2.2F6P/c1-29-40(3)23-25-42(29)21-13-11-19-37(20-12-14-22-43-26-24-41(4)30(43)2,35-38-33(27-44-35)31-15-7-5-8-16-31)36-39-34(28-45-36)32-17-9-6-10-18-32;2*1-7(2,3,4,5)6/h5-10,15-18,23-26,33-34H,11-14,19-22,27-28H2,1-4H3;;/q+2;2*-1/t33-,34-;;/m0../s1. The van der Waals surface area contributed by atoms with Crippen LogP contribution in [0.5, 0.6) is 0 Å². The first-order chi connectivity index (χ1) is 26.8. The maximum atomic E-state index is 9.87. The molecule has 0 saturated carbocycles. The predicted octanol–water partition coefficient (Wildman–Crippen LogP) is 12.7. The third kappa shape index (κ3) is 17.1. The number of ether oxygens (including phenoxy) is 2. The quantitative estimate of drug-likeness (QED) is 0.0548. The zero-order valence-corrected chi connectivity index (χ0v) is 34.5. The van der Waals surface area contributed by atoms with Crippen LogP contribution in [0.1, 0.15) is 73.4 Å². The number of halogens is 12. The Morgan fingerprint density at radius 1 is 0.576 bits per heavy atom. The maximum absolute atomic E-state index is 10.7. The monoisotopic (exact) mass is 898 g/mol. The first-order valence-electron chi connectivity index (χ1n) is 18.5. The van der Waals surface area contributed by atoms with E-state index >= 15 is 0 Å². The predicted molar refractivity (Wildman–Crippen MR) is 203 cm³/mol. The number of aliphatic imine (C=N–C) groups is 2. The Bertz CT molecular complexity index is 1920. The molecule has 22 heteroatoms. The van der Waals surface area contributed by atoms with E-state index in [0.29, 0.717) is 13.2 Å². The van der Waals surface area contributed by atoms with E-state index < -0.39 is 21.0 Å². The van der Waals surface area contributed by atoms with Gasteiger partial charge in [0, 0.05) is 13.8 Å². The Kier molecular flexibility index (Phi) is 13.2. The number of imidazole rings is 2. The first-order valence-corrected chi connectivity index (χ1v) is 22.6. The molecule has 4 aromatic rings. The number of rotatable bonds is 14. The van der Waals surface area contributed by atoms with Crippen LogP contribution in [-0.4, -0.2) is 34.1 Å². The average molecular weight is 899 g/mol. The number of hydrogen-bond acceptors (Lipinski definition) is 4. The summed E-state index contributed by atoms with van der Waals surface area (Å²) in [4.78, 5) is 10.6. The number of hydrogen-bond donors (Lipinski definition) is 0. The van der Waals surface area contributed by atoms with E-state index in [0.717, 1.165) is 63.4 Å². The van der Waals surface area contributed by atoms with Crippen molar-refractivity contribution in [1.29, 1.82) is 0 Å². The summed E-state index contributed by atoms with van der Waals surface area (Å²) in [6.45, 7) is 7.40. The number of aromatic nitrogens is 4.